The summed E-state index contributed by atoms with van der Waals surface area (Å²) >= 11 is 0. The number of nitrogens with two attached hydrogens (primary N) is 1. The molecule has 0 aliphatic carbocycles. The Morgan fingerprint density at radius 2 is 2.18 bits per heavy atom. The van der Waals surface area contributed by atoms with E-state index >= 15 is 0 Å². The maximum absolute atomic E-state index is 5.53. The fourth-order valence-electron chi connectivity index (χ4n) is 0.916. The molecule has 0 radical (unpaired) electrons. The Bertz CT molecular complexity index is 229. The second-order valence-electron chi connectivity index (χ2n) is 2.16. The number of hydrogen-bond donors (Lipinski definition) is 2. The minimum absolute atomic E-state index is 0.462. The molecule has 0 aliphatic heterocycles. The molecule has 5 heteroatoms. The summed E-state index contributed by atoms with van der Waals surface area (Å²) in [4.78, 5) is 0. The van der Waals surface area contributed by atoms with Crippen molar-refractivity contribution < 1.29 is 0 Å². The predicted octanol–water partition coefficient (Wildman–Crippen LogP) is 0.312. The SMILES string of the molecule is CCNc1nnc(N)n1CC. The molecule has 62 valence electrons. The lowest BCUT2D eigenvalue weighted by Gasteiger charge is -2.03. The van der Waals surface area contributed by atoms with E-state index in [9.17, 15) is 0 Å². The normalized spacial score (nSPS) is 10.0. The third kappa shape index (κ3) is 1.42. The van der Waals surface area contributed by atoms with Crippen LogP contribution in [-0.2, 0) is 6.54 Å². The Hall–Kier alpha value is -1.26. The number of nitrogens with zero attached hydrogens (tertiary/aromatic N) is 3. The number of hydrogen-bond acceptors (Lipinski definition) is 4. The van der Waals surface area contributed by atoms with Crippen LogP contribution in [0.5, 0.6) is 0 Å². The molecule has 0 bridgehead atoms. The summed E-state index contributed by atoms with van der Waals surface area (Å²) in [5.41, 5.74) is 5.53. The van der Waals surface area contributed by atoms with Crippen molar-refractivity contribution in [2.45, 2.75) is 20.4 Å². The maximum atomic E-state index is 5.53. The van der Waals surface area contributed by atoms with Crippen molar-refractivity contribution in [3.05, 3.63) is 0 Å². The second-order valence-corrected chi connectivity index (χ2v) is 2.16. The number of nitrogens with one attached hydrogen (secondary N) is 1. The summed E-state index contributed by atoms with van der Waals surface area (Å²) in [5, 5.41) is 10.6. The number of anilines is 2. The molecule has 0 amide bonds. The zero-order valence-corrected chi connectivity index (χ0v) is 6.83. The molecule has 0 saturated carbocycles. The number of aromatic nitrogens is 3. The fraction of sp³-hybridized carbons (Fsp3) is 0.667. The number of nitrogen functional groups attached to an aromatic ring is 1. The lowest BCUT2D eigenvalue weighted by Crippen LogP contribution is -2.07. The van der Waals surface area contributed by atoms with Crippen molar-refractivity contribution in [2.24, 2.45) is 0 Å². The summed E-state index contributed by atoms with van der Waals surface area (Å²) in [6, 6.07) is 0. The van der Waals surface area contributed by atoms with Gasteiger partial charge in [0.05, 0.1) is 0 Å². The lowest BCUT2D eigenvalue weighted by atomic mass is 10.6. The van der Waals surface area contributed by atoms with Gasteiger partial charge in [-0.05, 0) is 13.8 Å². The summed E-state index contributed by atoms with van der Waals surface area (Å²) in [5.74, 6) is 1.20. The quantitative estimate of drug-likeness (QED) is 0.659. The Kier molecular flexibility index (Phi) is 2.30. The van der Waals surface area contributed by atoms with Crippen molar-refractivity contribution in [3.63, 3.8) is 0 Å². The molecular formula is C6H13N5. The summed E-state index contributed by atoms with van der Waals surface area (Å²) in [6.45, 7) is 5.63. The van der Waals surface area contributed by atoms with Gasteiger partial charge in [0, 0.05) is 13.1 Å². The molecule has 0 saturated heterocycles. The minimum atomic E-state index is 0.462. The predicted molar refractivity (Wildman–Crippen MR) is 44.3 cm³/mol. The highest BCUT2D eigenvalue weighted by molar-refractivity contribution is 5.33. The maximum Gasteiger partial charge on any atom is 0.226 e. The van der Waals surface area contributed by atoms with Crippen molar-refractivity contribution in [3.8, 4) is 0 Å². The van der Waals surface area contributed by atoms with E-state index in [1.807, 2.05) is 18.4 Å². The van der Waals surface area contributed by atoms with E-state index in [4.69, 9.17) is 5.73 Å². The molecule has 1 aromatic heterocycles. The summed E-state index contributed by atoms with van der Waals surface area (Å²) < 4.78 is 1.82. The van der Waals surface area contributed by atoms with Gasteiger partial charge in [-0.3, -0.25) is 4.57 Å². The van der Waals surface area contributed by atoms with Gasteiger partial charge in [0.2, 0.25) is 11.9 Å². The standard InChI is InChI=1S/C6H13N5/c1-3-8-6-10-9-5(7)11(6)4-2/h3-4H2,1-2H3,(H2,7,9)(H,8,10). The molecule has 0 fully saturated rings. The van der Waals surface area contributed by atoms with Crippen molar-refractivity contribution in [1.82, 2.24) is 14.8 Å². The van der Waals surface area contributed by atoms with Crippen LogP contribution in [0.3, 0.4) is 0 Å². The first-order chi connectivity index (χ1) is 5.29. The van der Waals surface area contributed by atoms with Crippen molar-refractivity contribution >= 4 is 11.9 Å². The smallest absolute Gasteiger partial charge is 0.226 e. The molecule has 1 rings (SSSR count). The van der Waals surface area contributed by atoms with E-state index in [0.717, 1.165) is 19.0 Å². The molecule has 1 heterocycles. The van der Waals surface area contributed by atoms with Crippen molar-refractivity contribution in [2.75, 3.05) is 17.6 Å². The topological polar surface area (TPSA) is 68.8 Å². The first kappa shape index (κ1) is 7.84. The van der Waals surface area contributed by atoms with E-state index in [1.54, 1.807) is 0 Å². The van der Waals surface area contributed by atoms with Crippen LogP contribution in [0.2, 0.25) is 0 Å². The molecule has 0 unspecified atom stereocenters. The first-order valence-electron chi connectivity index (χ1n) is 3.72. The zero-order valence-electron chi connectivity index (χ0n) is 6.83. The highest BCUT2D eigenvalue weighted by Crippen LogP contribution is 2.07. The third-order valence-corrected chi connectivity index (χ3v) is 1.43. The molecule has 5 nitrogen and oxygen atoms in total. The minimum Gasteiger partial charge on any atom is -0.368 e. The summed E-state index contributed by atoms with van der Waals surface area (Å²) in [7, 11) is 0. The molecule has 0 spiro atoms. The van der Waals surface area contributed by atoms with Crippen LogP contribution >= 0.6 is 0 Å². The highest BCUT2D eigenvalue weighted by atomic mass is 15.4. The fourth-order valence-corrected chi connectivity index (χ4v) is 0.916. The van der Waals surface area contributed by atoms with Crippen LogP contribution < -0.4 is 11.1 Å². The molecule has 3 N–H and O–H groups in total. The third-order valence-electron chi connectivity index (χ3n) is 1.43. The van der Waals surface area contributed by atoms with Crippen LogP contribution in [0.15, 0.2) is 0 Å². The van der Waals surface area contributed by atoms with Crippen molar-refractivity contribution in [1.29, 1.82) is 0 Å². The van der Waals surface area contributed by atoms with Gasteiger partial charge in [-0.2, -0.15) is 0 Å². The largest absolute Gasteiger partial charge is 0.368 e. The van der Waals surface area contributed by atoms with Crippen LogP contribution in [0.25, 0.3) is 0 Å². The van der Waals surface area contributed by atoms with Crippen LogP contribution in [0, 0.1) is 0 Å². The second kappa shape index (κ2) is 3.23. The number of rotatable bonds is 3. The van der Waals surface area contributed by atoms with Gasteiger partial charge in [-0.1, -0.05) is 0 Å². The Morgan fingerprint density at radius 1 is 1.45 bits per heavy atom. The van der Waals surface area contributed by atoms with E-state index < -0.39 is 0 Å². The molecule has 11 heavy (non-hydrogen) atoms. The van der Waals surface area contributed by atoms with E-state index in [1.165, 1.54) is 0 Å². The van der Waals surface area contributed by atoms with E-state index in [2.05, 4.69) is 15.5 Å². The van der Waals surface area contributed by atoms with Gasteiger partial charge in [0.25, 0.3) is 0 Å². The molecule has 0 aliphatic rings. The van der Waals surface area contributed by atoms with Crippen LogP contribution in [-0.4, -0.2) is 21.3 Å². The lowest BCUT2D eigenvalue weighted by molar-refractivity contribution is 0.773. The first-order valence-corrected chi connectivity index (χ1v) is 3.72. The average molecular weight is 155 g/mol. The van der Waals surface area contributed by atoms with E-state index in [-0.39, 0.29) is 0 Å². The molecule has 0 atom stereocenters. The van der Waals surface area contributed by atoms with Gasteiger partial charge in [-0.15, -0.1) is 10.2 Å². The molecule has 0 aromatic carbocycles. The van der Waals surface area contributed by atoms with Gasteiger partial charge in [0.1, 0.15) is 0 Å². The highest BCUT2D eigenvalue weighted by Gasteiger charge is 2.04. The molecule has 1 aromatic rings. The van der Waals surface area contributed by atoms with Crippen LogP contribution in [0.4, 0.5) is 11.9 Å². The van der Waals surface area contributed by atoms with Gasteiger partial charge >= 0.3 is 0 Å². The van der Waals surface area contributed by atoms with Gasteiger partial charge in [-0.25, -0.2) is 0 Å². The Morgan fingerprint density at radius 3 is 2.73 bits per heavy atom. The zero-order chi connectivity index (χ0) is 8.27. The average Bonchev–Trinajstić information content (AvgIpc) is 2.33. The monoisotopic (exact) mass is 155 g/mol. The Labute approximate surface area is 65.6 Å². The van der Waals surface area contributed by atoms with Crippen LogP contribution in [0.1, 0.15) is 13.8 Å². The van der Waals surface area contributed by atoms with Gasteiger partial charge in [0.15, 0.2) is 0 Å². The summed E-state index contributed by atoms with van der Waals surface area (Å²) in [6.07, 6.45) is 0. The van der Waals surface area contributed by atoms with E-state index in [0.29, 0.717) is 5.95 Å². The van der Waals surface area contributed by atoms with Gasteiger partial charge < -0.3 is 11.1 Å². The molecular weight excluding hydrogens is 142 g/mol. The Balaban J connectivity index is 2.86.